The van der Waals surface area contributed by atoms with E-state index in [2.05, 4.69) is 20.8 Å². The summed E-state index contributed by atoms with van der Waals surface area (Å²) in [7, 11) is 1.62. The molecule has 0 bridgehead atoms. The van der Waals surface area contributed by atoms with Crippen LogP contribution in [0.2, 0.25) is 0 Å². The highest BCUT2D eigenvalue weighted by Crippen LogP contribution is 2.36. The van der Waals surface area contributed by atoms with Crippen LogP contribution in [0.15, 0.2) is 24.3 Å². The number of ether oxygens (including phenoxy) is 3. The molecule has 2 aliphatic heterocycles. The highest BCUT2D eigenvalue weighted by atomic mass is 16.6. The van der Waals surface area contributed by atoms with Gasteiger partial charge in [-0.05, 0) is 22.6 Å². The number of rotatable bonds is 4. The lowest BCUT2D eigenvalue weighted by atomic mass is 10.1. The van der Waals surface area contributed by atoms with Gasteiger partial charge in [0, 0.05) is 12.5 Å². The van der Waals surface area contributed by atoms with Crippen LogP contribution in [0.4, 0.5) is 0 Å². The van der Waals surface area contributed by atoms with E-state index in [0.717, 1.165) is 11.3 Å². The predicted molar refractivity (Wildman–Crippen MR) is 85.9 cm³/mol. The molecule has 0 aliphatic carbocycles. The molecule has 9 heteroatoms. The number of nitrogens with zero attached hydrogens (tertiary/aromatic N) is 4. The van der Waals surface area contributed by atoms with E-state index in [1.807, 2.05) is 24.3 Å². The van der Waals surface area contributed by atoms with Crippen LogP contribution >= 0.6 is 0 Å². The van der Waals surface area contributed by atoms with Crippen LogP contribution in [0.5, 0.6) is 5.75 Å². The molecule has 0 radical (unpaired) electrons. The van der Waals surface area contributed by atoms with Crippen molar-refractivity contribution in [2.75, 3.05) is 20.3 Å². The van der Waals surface area contributed by atoms with Gasteiger partial charge in [0.05, 0.1) is 26.4 Å². The van der Waals surface area contributed by atoms with Gasteiger partial charge in [-0.3, -0.25) is 4.79 Å². The van der Waals surface area contributed by atoms with E-state index in [4.69, 9.17) is 14.2 Å². The monoisotopic (exact) mass is 345 g/mol. The van der Waals surface area contributed by atoms with Gasteiger partial charge in [0.15, 0.2) is 5.82 Å². The third kappa shape index (κ3) is 2.85. The maximum absolute atomic E-state index is 11.3. The lowest BCUT2D eigenvalue weighted by Gasteiger charge is -2.17. The number of aromatic nitrogens is 4. The zero-order valence-corrected chi connectivity index (χ0v) is 14.0. The van der Waals surface area contributed by atoms with Crippen molar-refractivity contribution < 1.29 is 19.0 Å². The molecule has 0 saturated carbocycles. The van der Waals surface area contributed by atoms with Gasteiger partial charge in [0.1, 0.15) is 24.0 Å². The minimum absolute atomic E-state index is 0.0965. The molecule has 9 nitrogen and oxygen atoms in total. The van der Waals surface area contributed by atoms with Crippen molar-refractivity contribution in [3.05, 3.63) is 24.3 Å². The summed E-state index contributed by atoms with van der Waals surface area (Å²) in [5, 5.41) is 15.0. The first-order chi connectivity index (χ1) is 12.2. The van der Waals surface area contributed by atoms with Gasteiger partial charge in [0.25, 0.3) is 0 Å². The van der Waals surface area contributed by atoms with Gasteiger partial charge in [-0.2, -0.15) is 0 Å². The molecule has 1 N–H and O–H groups in total. The molecule has 2 aromatic rings. The topological polar surface area (TPSA) is 100 Å². The van der Waals surface area contributed by atoms with Crippen LogP contribution in [-0.4, -0.2) is 64.7 Å². The first-order valence-corrected chi connectivity index (χ1v) is 8.10. The fourth-order valence-corrected chi connectivity index (χ4v) is 3.44. The maximum Gasteiger partial charge on any atom is 0.217 e. The quantitative estimate of drug-likeness (QED) is 0.844. The van der Waals surface area contributed by atoms with Crippen LogP contribution < -0.4 is 10.1 Å². The Labute approximate surface area is 144 Å². The van der Waals surface area contributed by atoms with Gasteiger partial charge >= 0.3 is 0 Å². The zero-order valence-electron chi connectivity index (χ0n) is 14.0. The molecule has 0 spiro atoms. The minimum atomic E-state index is -0.204. The van der Waals surface area contributed by atoms with Gasteiger partial charge in [0.2, 0.25) is 5.91 Å². The first-order valence-electron chi connectivity index (χ1n) is 8.10. The summed E-state index contributed by atoms with van der Waals surface area (Å²) in [4.78, 5) is 11.3. The zero-order chi connectivity index (χ0) is 17.4. The van der Waals surface area contributed by atoms with Gasteiger partial charge in [-0.25, -0.2) is 4.68 Å². The average molecular weight is 345 g/mol. The number of hydrogen-bond donors (Lipinski definition) is 1. The highest BCUT2D eigenvalue weighted by Gasteiger charge is 2.49. The maximum atomic E-state index is 11.3. The smallest absolute Gasteiger partial charge is 0.217 e. The molecular weight excluding hydrogens is 326 g/mol. The van der Waals surface area contributed by atoms with Crippen molar-refractivity contribution in [3.63, 3.8) is 0 Å². The van der Waals surface area contributed by atoms with Gasteiger partial charge in [-0.1, -0.05) is 12.1 Å². The number of carbonyl (C=O) groups excluding carboxylic acids is 1. The van der Waals surface area contributed by atoms with E-state index in [9.17, 15) is 4.79 Å². The number of tetrazole rings is 1. The molecule has 1 aromatic carbocycles. The minimum Gasteiger partial charge on any atom is -0.497 e. The van der Waals surface area contributed by atoms with Crippen molar-refractivity contribution in [3.8, 4) is 17.1 Å². The summed E-state index contributed by atoms with van der Waals surface area (Å²) in [6.07, 6.45) is -0.402. The molecule has 25 heavy (non-hydrogen) atoms. The number of carbonyl (C=O) groups is 1. The summed E-state index contributed by atoms with van der Waals surface area (Å²) in [5.74, 6) is 1.26. The Morgan fingerprint density at radius 3 is 2.96 bits per heavy atom. The highest BCUT2D eigenvalue weighted by molar-refractivity contribution is 5.73. The Morgan fingerprint density at radius 2 is 2.16 bits per heavy atom. The molecule has 4 atom stereocenters. The van der Waals surface area contributed by atoms with Crippen molar-refractivity contribution in [2.45, 2.75) is 31.2 Å². The van der Waals surface area contributed by atoms with Gasteiger partial charge in [-0.15, -0.1) is 5.10 Å². The SMILES string of the molecule is COc1cccc(-c2nnnn2[C@H]2CO[C@H]3[C@H]2OC[C@H]3NC(C)=O)c1. The average Bonchev–Trinajstić information content (AvgIpc) is 3.31. The first kappa shape index (κ1) is 16.0. The van der Waals surface area contributed by atoms with Crippen molar-refractivity contribution in [1.82, 2.24) is 25.5 Å². The Kier molecular flexibility index (Phi) is 4.10. The van der Waals surface area contributed by atoms with Crippen LogP contribution in [-0.2, 0) is 14.3 Å². The standard InChI is InChI=1S/C16H19N5O4/c1-9(22)17-12-7-24-15-13(8-25-14(12)15)21-16(18-19-20-21)10-4-3-5-11(6-10)23-2/h3-6,12-15H,7-8H2,1-2H3,(H,17,22)/t12-,13+,14-,15+/m1/s1. The molecule has 2 saturated heterocycles. The van der Waals surface area contributed by atoms with Crippen LogP contribution in [0.25, 0.3) is 11.4 Å². The third-order valence-electron chi connectivity index (χ3n) is 4.55. The summed E-state index contributed by atoms with van der Waals surface area (Å²) in [6, 6.07) is 7.26. The molecule has 2 fully saturated rings. The lowest BCUT2D eigenvalue weighted by Crippen LogP contribution is -2.43. The normalized spacial score (nSPS) is 27.9. The van der Waals surface area contributed by atoms with Crippen molar-refractivity contribution in [1.29, 1.82) is 0 Å². The molecule has 1 amide bonds. The Balaban J connectivity index is 1.60. The Bertz CT molecular complexity index is 779. The molecular formula is C16H19N5O4. The Morgan fingerprint density at radius 1 is 1.32 bits per heavy atom. The van der Waals surface area contributed by atoms with E-state index in [1.165, 1.54) is 6.92 Å². The number of nitrogens with one attached hydrogen (secondary N) is 1. The van der Waals surface area contributed by atoms with E-state index in [-0.39, 0.29) is 30.2 Å². The number of methoxy groups -OCH3 is 1. The Hall–Kier alpha value is -2.52. The van der Waals surface area contributed by atoms with E-state index < -0.39 is 0 Å². The van der Waals surface area contributed by atoms with E-state index >= 15 is 0 Å². The summed E-state index contributed by atoms with van der Waals surface area (Å²) < 4.78 is 18.8. The van der Waals surface area contributed by atoms with Gasteiger partial charge < -0.3 is 19.5 Å². The lowest BCUT2D eigenvalue weighted by molar-refractivity contribution is -0.120. The summed E-state index contributed by atoms with van der Waals surface area (Å²) in [6.45, 7) is 2.33. The molecule has 2 aliphatic rings. The van der Waals surface area contributed by atoms with E-state index in [0.29, 0.717) is 19.0 Å². The molecule has 0 unspecified atom stereocenters. The van der Waals surface area contributed by atoms with Crippen LogP contribution in [0, 0.1) is 0 Å². The fraction of sp³-hybridized carbons (Fsp3) is 0.500. The summed E-state index contributed by atoms with van der Waals surface area (Å²) >= 11 is 0. The van der Waals surface area contributed by atoms with Crippen LogP contribution in [0.3, 0.4) is 0 Å². The summed E-state index contributed by atoms with van der Waals surface area (Å²) in [5.41, 5.74) is 0.851. The molecule has 4 rings (SSSR count). The number of fused-ring (bicyclic) bond motifs is 1. The number of hydrogen-bond acceptors (Lipinski definition) is 7. The third-order valence-corrected chi connectivity index (χ3v) is 4.55. The van der Waals surface area contributed by atoms with E-state index in [1.54, 1.807) is 11.8 Å². The van der Waals surface area contributed by atoms with Crippen LogP contribution in [0.1, 0.15) is 13.0 Å². The predicted octanol–water partition coefficient (Wildman–Crippen LogP) is 0.192. The second kappa shape index (κ2) is 6.41. The largest absolute Gasteiger partial charge is 0.497 e. The van der Waals surface area contributed by atoms with Crippen molar-refractivity contribution >= 4 is 5.91 Å². The number of amides is 1. The molecule has 3 heterocycles. The second-order valence-electron chi connectivity index (χ2n) is 6.15. The molecule has 1 aromatic heterocycles. The fourth-order valence-electron chi connectivity index (χ4n) is 3.44. The second-order valence-corrected chi connectivity index (χ2v) is 6.15. The molecule has 132 valence electrons. The van der Waals surface area contributed by atoms with Crippen molar-refractivity contribution in [2.24, 2.45) is 0 Å². The number of benzene rings is 1.